The average molecular weight is 433 g/mol. The first-order chi connectivity index (χ1) is 15.5. The second-order valence-corrected chi connectivity index (χ2v) is 8.17. The maximum atomic E-state index is 13.9. The Kier molecular flexibility index (Phi) is 8.60. The highest BCUT2D eigenvalue weighted by molar-refractivity contribution is 5.62. The van der Waals surface area contributed by atoms with Gasteiger partial charge in [-0.3, -0.25) is 0 Å². The molecule has 0 saturated carbocycles. The summed E-state index contributed by atoms with van der Waals surface area (Å²) in [5, 5.41) is 14.1. The van der Waals surface area contributed by atoms with Crippen molar-refractivity contribution in [2.45, 2.75) is 38.5 Å². The standard InChI is InChI=1S/C28H33FN2O/c1-4-27(28(32)24-10-6-5-7-11-24)30-19-18-22-14-16-23(17-15-22)21(2)31(3)20-25-12-8-9-13-26(25)29/h5-17,27-28,30,32H,2,4,18-20H2,1,3H3/t27-,28?/m1/s1. The van der Waals surface area contributed by atoms with E-state index >= 15 is 0 Å². The SMILES string of the molecule is C=C(c1ccc(CCN[C@H](CC)C(O)c2ccccc2)cc1)N(C)Cc1ccccc1F. The van der Waals surface area contributed by atoms with Crippen LogP contribution in [0.25, 0.3) is 5.70 Å². The van der Waals surface area contributed by atoms with Crippen LogP contribution in [0.2, 0.25) is 0 Å². The van der Waals surface area contributed by atoms with Gasteiger partial charge < -0.3 is 15.3 Å². The van der Waals surface area contributed by atoms with Crippen molar-refractivity contribution in [3.8, 4) is 0 Å². The highest BCUT2D eigenvalue weighted by atomic mass is 19.1. The van der Waals surface area contributed by atoms with Crippen molar-refractivity contribution < 1.29 is 9.50 Å². The van der Waals surface area contributed by atoms with E-state index in [1.807, 2.05) is 48.3 Å². The van der Waals surface area contributed by atoms with Gasteiger partial charge in [-0.2, -0.15) is 0 Å². The zero-order valence-electron chi connectivity index (χ0n) is 19.0. The maximum absolute atomic E-state index is 13.9. The fraction of sp³-hybridized carbons (Fsp3) is 0.286. The van der Waals surface area contributed by atoms with Crippen LogP contribution in [0.3, 0.4) is 0 Å². The third-order valence-corrected chi connectivity index (χ3v) is 5.90. The Morgan fingerprint density at radius 3 is 2.31 bits per heavy atom. The third-order valence-electron chi connectivity index (χ3n) is 5.90. The Morgan fingerprint density at radius 1 is 1.00 bits per heavy atom. The van der Waals surface area contributed by atoms with Crippen LogP contribution in [0, 0.1) is 5.82 Å². The second-order valence-electron chi connectivity index (χ2n) is 8.17. The molecular weight excluding hydrogens is 399 g/mol. The van der Waals surface area contributed by atoms with Gasteiger partial charge in [0.1, 0.15) is 5.82 Å². The van der Waals surface area contributed by atoms with Crippen molar-refractivity contribution in [3.63, 3.8) is 0 Å². The summed E-state index contributed by atoms with van der Waals surface area (Å²) in [7, 11) is 1.93. The molecule has 2 atom stereocenters. The van der Waals surface area contributed by atoms with Gasteiger partial charge in [0.05, 0.1) is 6.10 Å². The lowest BCUT2D eigenvalue weighted by Gasteiger charge is -2.24. The molecule has 0 amide bonds. The quantitative estimate of drug-likeness (QED) is 0.416. The molecule has 0 bridgehead atoms. The zero-order chi connectivity index (χ0) is 22.9. The van der Waals surface area contributed by atoms with Crippen LogP contribution in [0.15, 0.2) is 85.4 Å². The average Bonchev–Trinajstić information content (AvgIpc) is 2.83. The number of hydrogen-bond donors (Lipinski definition) is 2. The minimum atomic E-state index is -0.517. The van der Waals surface area contributed by atoms with Gasteiger partial charge in [0.2, 0.25) is 0 Å². The lowest BCUT2D eigenvalue weighted by Crippen LogP contribution is -2.35. The topological polar surface area (TPSA) is 35.5 Å². The van der Waals surface area contributed by atoms with Gasteiger partial charge in [0.25, 0.3) is 0 Å². The molecule has 168 valence electrons. The van der Waals surface area contributed by atoms with Crippen molar-refractivity contribution in [1.82, 2.24) is 10.2 Å². The molecule has 0 heterocycles. The number of nitrogens with one attached hydrogen (secondary N) is 1. The van der Waals surface area contributed by atoms with E-state index in [-0.39, 0.29) is 11.9 Å². The summed E-state index contributed by atoms with van der Waals surface area (Å²) in [5.41, 5.74) is 4.69. The lowest BCUT2D eigenvalue weighted by molar-refractivity contribution is 0.126. The number of aliphatic hydroxyl groups is 1. The number of benzene rings is 3. The minimum absolute atomic E-state index is 0.0171. The molecule has 0 aromatic heterocycles. The van der Waals surface area contributed by atoms with E-state index in [1.165, 1.54) is 11.6 Å². The van der Waals surface area contributed by atoms with Gasteiger partial charge in [0, 0.05) is 30.9 Å². The first kappa shape index (κ1) is 23.7. The van der Waals surface area contributed by atoms with Gasteiger partial charge in [-0.05, 0) is 42.1 Å². The van der Waals surface area contributed by atoms with E-state index in [0.717, 1.165) is 36.2 Å². The second kappa shape index (κ2) is 11.6. The summed E-state index contributed by atoms with van der Waals surface area (Å²) >= 11 is 0. The van der Waals surface area contributed by atoms with E-state index in [2.05, 4.69) is 43.1 Å². The molecule has 0 aliphatic carbocycles. The van der Waals surface area contributed by atoms with E-state index < -0.39 is 6.10 Å². The Labute approximate surface area is 191 Å². The smallest absolute Gasteiger partial charge is 0.128 e. The van der Waals surface area contributed by atoms with Crippen molar-refractivity contribution in [2.75, 3.05) is 13.6 Å². The summed E-state index contributed by atoms with van der Waals surface area (Å²) in [4.78, 5) is 1.96. The van der Waals surface area contributed by atoms with Crippen molar-refractivity contribution >= 4 is 5.70 Å². The van der Waals surface area contributed by atoms with Crippen LogP contribution in [-0.4, -0.2) is 29.6 Å². The first-order valence-electron chi connectivity index (χ1n) is 11.2. The van der Waals surface area contributed by atoms with Crippen LogP contribution in [0.1, 0.15) is 41.7 Å². The summed E-state index contributed by atoms with van der Waals surface area (Å²) < 4.78 is 13.9. The molecule has 4 heteroatoms. The molecule has 0 saturated heterocycles. The van der Waals surface area contributed by atoms with E-state index in [1.54, 1.807) is 12.1 Å². The fourth-order valence-electron chi connectivity index (χ4n) is 3.83. The molecule has 3 rings (SSSR count). The van der Waals surface area contributed by atoms with Crippen molar-refractivity contribution in [1.29, 1.82) is 0 Å². The summed E-state index contributed by atoms with van der Waals surface area (Å²) in [6.45, 7) is 7.53. The van der Waals surface area contributed by atoms with Crippen LogP contribution in [0.5, 0.6) is 0 Å². The van der Waals surface area contributed by atoms with E-state index in [9.17, 15) is 9.50 Å². The molecule has 0 fully saturated rings. The summed E-state index contributed by atoms with van der Waals surface area (Å²) in [6.07, 6.45) is 1.20. The largest absolute Gasteiger partial charge is 0.387 e. The number of aliphatic hydroxyl groups excluding tert-OH is 1. The van der Waals surface area contributed by atoms with Gasteiger partial charge in [-0.25, -0.2) is 4.39 Å². The number of hydrogen-bond acceptors (Lipinski definition) is 3. The number of nitrogens with zero attached hydrogens (tertiary/aromatic N) is 1. The molecule has 0 aliphatic rings. The van der Waals surface area contributed by atoms with Crippen molar-refractivity contribution in [3.05, 3.63) is 114 Å². The van der Waals surface area contributed by atoms with Crippen LogP contribution < -0.4 is 5.32 Å². The van der Waals surface area contributed by atoms with Gasteiger partial charge in [-0.15, -0.1) is 0 Å². The van der Waals surface area contributed by atoms with Crippen LogP contribution in [-0.2, 0) is 13.0 Å². The summed E-state index contributed by atoms with van der Waals surface area (Å²) in [5.74, 6) is -0.197. The Morgan fingerprint density at radius 2 is 1.66 bits per heavy atom. The minimum Gasteiger partial charge on any atom is -0.387 e. The highest BCUT2D eigenvalue weighted by Gasteiger charge is 2.18. The molecule has 0 radical (unpaired) electrons. The molecular formula is C28H33FN2O. The van der Waals surface area contributed by atoms with Crippen molar-refractivity contribution in [2.24, 2.45) is 0 Å². The third kappa shape index (κ3) is 6.28. The molecule has 3 nitrogen and oxygen atoms in total. The molecule has 32 heavy (non-hydrogen) atoms. The van der Waals surface area contributed by atoms with Gasteiger partial charge in [0.15, 0.2) is 0 Å². The fourth-order valence-corrected chi connectivity index (χ4v) is 3.83. The predicted octanol–water partition coefficient (Wildman–Crippen LogP) is 5.57. The normalized spacial score (nSPS) is 12.9. The molecule has 3 aromatic rings. The summed E-state index contributed by atoms with van der Waals surface area (Å²) in [6, 6.07) is 25.0. The Bertz CT molecular complexity index is 988. The van der Waals surface area contributed by atoms with Gasteiger partial charge >= 0.3 is 0 Å². The maximum Gasteiger partial charge on any atom is 0.128 e. The number of rotatable bonds is 11. The first-order valence-corrected chi connectivity index (χ1v) is 11.2. The van der Waals surface area contributed by atoms with Gasteiger partial charge in [-0.1, -0.05) is 86.3 Å². The molecule has 2 N–H and O–H groups in total. The predicted molar refractivity (Wildman–Crippen MR) is 131 cm³/mol. The van der Waals surface area contributed by atoms with Crippen LogP contribution >= 0.6 is 0 Å². The molecule has 0 aliphatic heterocycles. The molecule has 1 unspecified atom stereocenters. The Balaban J connectivity index is 1.51. The van der Waals surface area contributed by atoms with E-state index in [4.69, 9.17) is 0 Å². The van der Waals surface area contributed by atoms with E-state index in [0.29, 0.717) is 12.1 Å². The lowest BCUT2D eigenvalue weighted by atomic mass is 10.00. The Hall–Kier alpha value is -2.95. The molecule has 0 spiro atoms. The van der Waals surface area contributed by atoms with Crippen LogP contribution in [0.4, 0.5) is 4.39 Å². The highest BCUT2D eigenvalue weighted by Crippen LogP contribution is 2.21. The molecule has 3 aromatic carbocycles. The monoisotopic (exact) mass is 432 g/mol. The number of halogens is 1. The zero-order valence-corrected chi connectivity index (χ0v) is 19.0.